The van der Waals surface area contributed by atoms with E-state index in [2.05, 4.69) is 15.0 Å². The predicted octanol–water partition coefficient (Wildman–Crippen LogP) is 6.29. The van der Waals surface area contributed by atoms with Crippen molar-refractivity contribution in [3.8, 4) is 11.1 Å². The molecule has 12 heteroatoms. The van der Waals surface area contributed by atoms with Gasteiger partial charge in [0, 0.05) is 35.3 Å². The molecule has 6 nitrogen and oxygen atoms in total. The zero-order valence-corrected chi connectivity index (χ0v) is 19.8. The number of alkyl halides is 3. The van der Waals surface area contributed by atoms with Crippen LogP contribution < -0.4 is 0 Å². The Morgan fingerprint density at radius 3 is 2.50 bits per heavy atom. The highest BCUT2D eigenvalue weighted by Crippen LogP contribution is 2.35. The van der Waals surface area contributed by atoms with Crippen LogP contribution in [-0.2, 0) is 23.1 Å². The molecule has 0 aliphatic rings. The van der Waals surface area contributed by atoms with Crippen LogP contribution in [0, 0.1) is 11.6 Å². The maximum Gasteiger partial charge on any atom is 0.436 e. The molecule has 0 bridgehead atoms. The van der Waals surface area contributed by atoms with E-state index in [4.69, 9.17) is 5.11 Å². The zero-order valence-electron chi connectivity index (χ0n) is 19.0. The molecular weight excluding hydrogens is 503 g/mol. The summed E-state index contributed by atoms with van der Waals surface area (Å²) >= 11 is 1.21. The van der Waals surface area contributed by atoms with Gasteiger partial charge in [-0.25, -0.2) is 23.7 Å². The molecule has 36 heavy (non-hydrogen) atoms. The number of hydrogen-bond donors (Lipinski definition) is 1. The molecule has 0 radical (unpaired) electrons. The Balaban J connectivity index is 1.69. The van der Waals surface area contributed by atoms with Crippen LogP contribution in [0.1, 0.15) is 36.7 Å². The zero-order chi connectivity index (χ0) is 26.2. The molecule has 0 aliphatic carbocycles. The lowest BCUT2D eigenvalue weighted by Crippen LogP contribution is -2.10. The Morgan fingerprint density at radius 2 is 1.86 bits per heavy atom. The SMILES string of the molecule is CC(C)n1cc(-c2cnc(C(F)(F)F)c(F)c2)c2nc(SCc3ccc(F)c(CC(=O)O)c3)ncc21. The third-order valence-electron chi connectivity index (χ3n) is 5.35. The molecule has 0 saturated carbocycles. The van der Waals surface area contributed by atoms with E-state index >= 15 is 0 Å². The molecule has 0 spiro atoms. The minimum absolute atomic E-state index is 0.0394. The Kier molecular flexibility index (Phi) is 6.98. The summed E-state index contributed by atoms with van der Waals surface area (Å²) in [5, 5.41) is 9.27. The highest BCUT2D eigenvalue weighted by atomic mass is 32.2. The van der Waals surface area contributed by atoms with E-state index < -0.39 is 35.9 Å². The minimum Gasteiger partial charge on any atom is -0.481 e. The van der Waals surface area contributed by atoms with Crippen molar-refractivity contribution in [1.29, 1.82) is 0 Å². The molecule has 1 aromatic carbocycles. The Labute approximate surface area is 206 Å². The first-order valence-electron chi connectivity index (χ1n) is 10.7. The first kappa shape index (κ1) is 25.5. The number of pyridine rings is 1. The van der Waals surface area contributed by atoms with Gasteiger partial charge in [0.2, 0.25) is 0 Å². The average Bonchev–Trinajstić information content (AvgIpc) is 3.17. The van der Waals surface area contributed by atoms with Crippen LogP contribution in [0.15, 0.2) is 48.0 Å². The van der Waals surface area contributed by atoms with Crippen molar-refractivity contribution in [1.82, 2.24) is 19.5 Å². The van der Waals surface area contributed by atoms with Crippen LogP contribution in [0.3, 0.4) is 0 Å². The Bertz CT molecular complexity index is 1450. The second kappa shape index (κ2) is 9.84. The number of aliphatic carboxylic acids is 1. The largest absolute Gasteiger partial charge is 0.481 e. The lowest BCUT2D eigenvalue weighted by molar-refractivity contribution is -0.143. The smallest absolute Gasteiger partial charge is 0.436 e. The number of aromatic nitrogens is 4. The highest BCUT2D eigenvalue weighted by molar-refractivity contribution is 7.98. The molecule has 0 atom stereocenters. The number of thioether (sulfide) groups is 1. The van der Waals surface area contributed by atoms with Crippen molar-refractivity contribution >= 4 is 28.8 Å². The molecular formula is C24H19F5N4O2S. The van der Waals surface area contributed by atoms with Crippen molar-refractivity contribution in [2.75, 3.05) is 0 Å². The van der Waals surface area contributed by atoms with E-state index in [9.17, 15) is 26.7 Å². The van der Waals surface area contributed by atoms with E-state index in [0.717, 1.165) is 12.3 Å². The van der Waals surface area contributed by atoms with Crippen LogP contribution >= 0.6 is 11.8 Å². The van der Waals surface area contributed by atoms with Crippen molar-refractivity contribution in [3.05, 3.63) is 71.3 Å². The molecule has 3 aromatic heterocycles. The van der Waals surface area contributed by atoms with Crippen LogP contribution in [0.25, 0.3) is 22.2 Å². The van der Waals surface area contributed by atoms with Gasteiger partial charge in [0.15, 0.2) is 16.7 Å². The van der Waals surface area contributed by atoms with Gasteiger partial charge in [0.25, 0.3) is 0 Å². The highest BCUT2D eigenvalue weighted by Gasteiger charge is 2.36. The van der Waals surface area contributed by atoms with E-state index in [-0.39, 0.29) is 17.2 Å². The second-order valence-corrected chi connectivity index (χ2v) is 9.21. The molecule has 188 valence electrons. The number of benzene rings is 1. The van der Waals surface area contributed by atoms with E-state index in [1.807, 2.05) is 18.4 Å². The summed E-state index contributed by atoms with van der Waals surface area (Å²) < 4.78 is 68.8. The summed E-state index contributed by atoms with van der Waals surface area (Å²) in [6.07, 6.45) is -1.16. The van der Waals surface area contributed by atoms with Crippen LogP contribution in [0.2, 0.25) is 0 Å². The maximum atomic E-state index is 14.2. The van der Waals surface area contributed by atoms with Crippen molar-refractivity contribution < 1.29 is 31.9 Å². The normalized spacial score (nSPS) is 12.0. The number of fused-ring (bicyclic) bond motifs is 1. The van der Waals surface area contributed by atoms with Crippen molar-refractivity contribution in [2.45, 2.75) is 43.4 Å². The lowest BCUT2D eigenvalue weighted by atomic mass is 10.1. The quantitative estimate of drug-likeness (QED) is 0.175. The average molecular weight is 522 g/mol. The molecule has 0 aliphatic heterocycles. The Hall–Kier alpha value is -3.54. The number of hydrogen-bond acceptors (Lipinski definition) is 5. The van der Waals surface area contributed by atoms with Crippen molar-refractivity contribution in [3.63, 3.8) is 0 Å². The van der Waals surface area contributed by atoms with Crippen molar-refractivity contribution in [2.24, 2.45) is 0 Å². The number of carboxylic acid groups (broad SMARTS) is 1. The van der Waals surface area contributed by atoms with Crippen LogP contribution in [-0.4, -0.2) is 30.6 Å². The fourth-order valence-electron chi connectivity index (χ4n) is 3.68. The van der Waals surface area contributed by atoms with E-state index in [1.54, 1.807) is 12.4 Å². The molecule has 0 fully saturated rings. The number of halogens is 5. The van der Waals surface area contributed by atoms with Gasteiger partial charge >= 0.3 is 12.1 Å². The predicted molar refractivity (Wildman–Crippen MR) is 123 cm³/mol. The van der Waals surface area contributed by atoms with Gasteiger partial charge in [-0.1, -0.05) is 23.9 Å². The number of nitrogens with zero attached hydrogens (tertiary/aromatic N) is 4. The summed E-state index contributed by atoms with van der Waals surface area (Å²) in [5.41, 5.74) is 0.680. The van der Waals surface area contributed by atoms with Crippen LogP contribution in [0.5, 0.6) is 0 Å². The standard InChI is InChI=1S/C24H19F5N4O2S/c1-12(2)33-10-16(15-6-18(26)22(30-8-15)24(27,28)29)21-19(33)9-31-23(32-21)36-11-13-3-4-17(25)14(5-13)7-20(34)35/h3-6,8-10,12H,7,11H2,1-2H3,(H,34,35). The van der Waals surface area contributed by atoms with Gasteiger partial charge in [-0.3, -0.25) is 4.79 Å². The van der Waals surface area contributed by atoms with Gasteiger partial charge in [-0.15, -0.1) is 0 Å². The van der Waals surface area contributed by atoms with Gasteiger partial charge in [-0.2, -0.15) is 13.2 Å². The third-order valence-corrected chi connectivity index (χ3v) is 6.28. The second-order valence-electron chi connectivity index (χ2n) is 8.27. The minimum atomic E-state index is -4.91. The first-order chi connectivity index (χ1) is 16.9. The third kappa shape index (κ3) is 5.32. The summed E-state index contributed by atoms with van der Waals surface area (Å²) in [4.78, 5) is 23.1. The van der Waals surface area contributed by atoms with Gasteiger partial charge < -0.3 is 9.67 Å². The number of carboxylic acids is 1. The number of rotatable bonds is 7. The molecule has 0 saturated heterocycles. The summed E-state index contributed by atoms with van der Waals surface area (Å²) in [5.74, 6) is -2.93. The monoisotopic (exact) mass is 522 g/mol. The molecule has 1 N–H and O–H groups in total. The van der Waals surface area contributed by atoms with E-state index in [0.29, 0.717) is 33.1 Å². The maximum absolute atomic E-state index is 14.2. The van der Waals surface area contributed by atoms with E-state index in [1.165, 1.54) is 30.0 Å². The molecule has 4 rings (SSSR count). The van der Waals surface area contributed by atoms with Crippen LogP contribution in [0.4, 0.5) is 22.0 Å². The fraction of sp³-hybridized carbons (Fsp3) is 0.250. The van der Waals surface area contributed by atoms with Gasteiger partial charge in [0.1, 0.15) is 11.3 Å². The molecule has 3 heterocycles. The molecule has 0 unspecified atom stereocenters. The molecule has 0 amide bonds. The summed E-state index contributed by atoms with van der Waals surface area (Å²) in [7, 11) is 0. The topological polar surface area (TPSA) is 80.9 Å². The summed E-state index contributed by atoms with van der Waals surface area (Å²) in [6, 6.07) is 4.94. The molecule has 4 aromatic rings. The lowest BCUT2D eigenvalue weighted by Gasteiger charge is -2.08. The van der Waals surface area contributed by atoms with Gasteiger partial charge in [0.05, 0.1) is 18.1 Å². The first-order valence-corrected chi connectivity index (χ1v) is 11.6. The van der Waals surface area contributed by atoms with Gasteiger partial charge in [-0.05, 0) is 37.1 Å². The fourth-order valence-corrected chi connectivity index (χ4v) is 4.44. The summed E-state index contributed by atoms with van der Waals surface area (Å²) in [6.45, 7) is 3.81. The number of carbonyl (C=O) groups is 1. The Morgan fingerprint density at radius 1 is 1.11 bits per heavy atom.